The Morgan fingerprint density at radius 2 is 0.740 bits per heavy atom. The van der Waals surface area contributed by atoms with E-state index in [9.17, 15) is 0 Å². The smallest absolute Gasteiger partial charge is 0.181 e. The summed E-state index contributed by atoms with van der Waals surface area (Å²) in [6.45, 7) is 11.5. The first-order chi connectivity index (χ1) is 24.5. The normalized spacial score (nSPS) is 17.2. The van der Waals surface area contributed by atoms with Crippen LogP contribution in [-0.2, 0) is 5.41 Å². The van der Waals surface area contributed by atoms with E-state index in [1.807, 2.05) is 5.38 Å². The lowest BCUT2D eigenvalue weighted by Gasteiger charge is -2.24. The fraction of sp³-hybridized carbons (Fsp3) is 0.429. The maximum Gasteiger partial charge on any atom is 0.181 e. The monoisotopic (exact) mass is 772 g/mol. The third-order valence-electron chi connectivity index (χ3n) is 9.22. The van der Waals surface area contributed by atoms with Crippen LogP contribution in [0.1, 0.15) is 32.1 Å². The highest BCUT2D eigenvalue weighted by Gasteiger charge is 2.40. The second kappa shape index (κ2) is 12.0. The lowest BCUT2D eigenvalue weighted by Crippen LogP contribution is -2.19. The topological polar surface area (TPSA) is 92.3 Å². The van der Waals surface area contributed by atoms with Gasteiger partial charge < -0.3 is 47.4 Å². The Hall–Kier alpha value is -3.50. The van der Waals surface area contributed by atoms with Crippen LogP contribution in [-0.4, -0.2) is 66.1 Å². The number of ether oxygens (including phenoxy) is 10. The van der Waals surface area contributed by atoms with E-state index >= 15 is 0 Å². The van der Waals surface area contributed by atoms with Crippen LogP contribution in [0.5, 0.6) is 57.5 Å². The first-order valence-corrected chi connectivity index (χ1v) is 20.7. The van der Waals surface area contributed by atoms with Crippen LogP contribution in [0.4, 0.5) is 0 Å². The predicted octanol–water partition coefficient (Wildman–Crippen LogP) is 9.21. The Balaban J connectivity index is 1.14. The van der Waals surface area contributed by atoms with Crippen molar-refractivity contribution in [1.29, 1.82) is 0 Å². The van der Waals surface area contributed by atoms with Crippen LogP contribution in [0.2, 0.25) is 0 Å². The van der Waals surface area contributed by atoms with Crippen LogP contribution in [0, 0.1) is 0 Å². The Kier molecular flexibility index (Phi) is 7.53. The summed E-state index contributed by atoms with van der Waals surface area (Å²) in [7, 11) is 0. The minimum atomic E-state index is -0.0792. The molecule has 0 atom stereocenters. The summed E-state index contributed by atoms with van der Waals surface area (Å²) in [6.07, 6.45) is 0.969. The molecule has 0 fully saturated rings. The van der Waals surface area contributed by atoms with Gasteiger partial charge >= 0.3 is 0 Å². The Morgan fingerprint density at radius 1 is 0.420 bits per heavy atom. The molecule has 5 aliphatic rings. The predicted molar refractivity (Wildman–Crippen MR) is 196 cm³/mol. The van der Waals surface area contributed by atoms with Crippen LogP contribution < -0.4 is 47.4 Å². The molecule has 50 heavy (non-hydrogen) atoms. The molecule has 0 aliphatic carbocycles. The quantitative estimate of drug-likeness (QED) is 0.166. The lowest BCUT2D eigenvalue weighted by atomic mass is 9.88. The molecule has 5 aromatic heterocycles. The molecule has 262 valence electrons. The molecule has 0 spiro atoms. The number of thiophene rings is 5. The van der Waals surface area contributed by atoms with Gasteiger partial charge in [-0.05, 0) is 6.42 Å². The number of fused-ring (bicyclic) bond motifs is 5. The molecule has 0 saturated carbocycles. The van der Waals surface area contributed by atoms with Gasteiger partial charge in [-0.2, -0.15) is 0 Å². The average molecular weight is 773 g/mol. The fourth-order valence-corrected chi connectivity index (χ4v) is 12.8. The van der Waals surface area contributed by atoms with Crippen molar-refractivity contribution in [3.05, 3.63) is 10.3 Å². The molecule has 0 N–H and O–H groups in total. The van der Waals surface area contributed by atoms with Crippen molar-refractivity contribution in [1.82, 2.24) is 0 Å². The van der Waals surface area contributed by atoms with Gasteiger partial charge in [0.1, 0.15) is 66.1 Å². The maximum absolute atomic E-state index is 6.42. The van der Waals surface area contributed by atoms with E-state index in [0.717, 1.165) is 79.9 Å². The van der Waals surface area contributed by atoms with E-state index in [1.165, 1.54) is 4.88 Å². The molecule has 10 rings (SSSR count). The molecule has 0 radical (unpaired) electrons. The molecule has 15 heteroatoms. The van der Waals surface area contributed by atoms with Gasteiger partial charge in [0.25, 0.3) is 0 Å². The SMILES string of the molecule is CCC(C)(C)c1sc(-c2sc(-c3sc(-c4sc(-c5scc6c5OCCO6)c5c4OCCO5)c4c3OCCO4)c3c2OCCO3)c2c1OCCO2. The van der Waals surface area contributed by atoms with Gasteiger partial charge in [-0.15, -0.1) is 56.7 Å². The van der Waals surface area contributed by atoms with Crippen molar-refractivity contribution in [3.8, 4) is 96.5 Å². The van der Waals surface area contributed by atoms with Gasteiger partial charge in [0.15, 0.2) is 57.5 Å². The van der Waals surface area contributed by atoms with E-state index in [1.54, 1.807) is 56.7 Å². The summed E-state index contributed by atoms with van der Waals surface area (Å²) in [6, 6.07) is 0. The molecule has 10 heterocycles. The Bertz CT molecular complexity index is 2130. The summed E-state index contributed by atoms with van der Waals surface area (Å²) in [5, 5.41) is 2.00. The molecule has 5 aliphatic heterocycles. The highest BCUT2D eigenvalue weighted by molar-refractivity contribution is 7.31. The number of hydrogen-bond acceptors (Lipinski definition) is 15. The van der Waals surface area contributed by atoms with Crippen molar-refractivity contribution >= 4 is 56.7 Å². The second-order valence-corrected chi connectivity index (χ2v) is 17.6. The Labute approximate surface area is 307 Å². The summed E-state index contributed by atoms with van der Waals surface area (Å²) < 4.78 is 62.8. The molecule has 10 nitrogen and oxygen atoms in total. The van der Waals surface area contributed by atoms with Crippen LogP contribution in [0.3, 0.4) is 0 Å². The largest absolute Gasteiger partial charge is 0.485 e. The minimum Gasteiger partial charge on any atom is -0.485 e. The van der Waals surface area contributed by atoms with Crippen LogP contribution in [0.15, 0.2) is 5.38 Å². The molecule has 5 aromatic rings. The third-order valence-corrected chi connectivity index (χ3v) is 15.8. The van der Waals surface area contributed by atoms with E-state index in [2.05, 4.69) is 20.8 Å². The van der Waals surface area contributed by atoms with Gasteiger partial charge in [0.05, 0.1) is 43.9 Å². The summed E-state index contributed by atoms with van der Waals surface area (Å²) >= 11 is 8.17. The molecule has 0 aromatic carbocycles. The average Bonchev–Trinajstić information content (AvgIpc) is 3.98. The molecular formula is C35H32O10S5. The van der Waals surface area contributed by atoms with E-state index in [-0.39, 0.29) is 5.41 Å². The van der Waals surface area contributed by atoms with Gasteiger partial charge in [-0.25, -0.2) is 0 Å². The number of rotatable bonds is 6. The van der Waals surface area contributed by atoms with E-state index in [4.69, 9.17) is 47.4 Å². The summed E-state index contributed by atoms with van der Waals surface area (Å²) in [5.41, 5.74) is -0.0792. The third kappa shape index (κ3) is 4.72. The van der Waals surface area contributed by atoms with Gasteiger partial charge in [-0.3, -0.25) is 0 Å². The van der Waals surface area contributed by atoms with Crippen LogP contribution >= 0.6 is 56.7 Å². The molecular weight excluding hydrogens is 741 g/mol. The maximum atomic E-state index is 6.42. The van der Waals surface area contributed by atoms with Gasteiger partial charge in [0.2, 0.25) is 0 Å². The highest BCUT2D eigenvalue weighted by Crippen LogP contribution is 2.67. The summed E-state index contributed by atoms with van der Waals surface area (Å²) in [5.74, 6) is 7.43. The zero-order valence-corrected chi connectivity index (χ0v) is 31.6. The zero-order chi connectivity index (χ0) is 33.6. The second-order valence-electron chi connectivity index (χ2n) is 12.7. The van der Waals surface area contributed by atoms with Gasteiger partial charge in [-0.1, -0.05) is 20.8 Å². The zero-order valence-electron chi connectivity index (χ0n) is 27.5. The van der Waals surface area contributed by atoms with E-state index in [0.29, 0.717) is 89.1 Å². The van der Waals surface area contributed by atoms with Crippen molar-refractivity contribution in [2.45, 2.75) is 32.6 Å². The van der Waals surface area contributed by atoms with E-state index < -0.39 is 0 Å². The molecule has 0 unspecified atom stereocenters. The fourth-order valence-electron chi connectivity index (χ4n) is 6.47. The molecule has 0 bridgehead atoms. The Morgan fingerprint density at radius 3 is 1.16 bits per heavy atom. The minimum absolute atomic E-state index is 0.0792. The van der Waals surface area contributed by atoms with Crippen LogP contribution in [0.25, 0.3) is 39.0 Å². The van der Waals surface area contributed by atoms with Crippen molar-refractivity contribution in [2.24, 2.45) is 0 Å². The highest BCUT2D eigenvalue weighted by atomic mass is 32.1. The first-order valence-electron chi connectivity index (χ1n) is 16.6. The van der Waals surface area contributed by atoms with Crippen molar-refractivity contribution < 1.29 is 47.4 Å². The number of hydrogen-bond donors (Lipinski definition) is 0. The molecule has 0 saturated heterocycles. The lowest BCUT2D eigenvalue weighted by molar-refractivity contribution is 0.169. The summed E-state index contributed by atoms with van der Waals surface area (Å²) in [4.78, 5) is 8.80. The van der Waals surface area contributed by atoms with Crippen molar-refractivity contribution in [3.63, 3.8) is 0 Å². The van der Waals surface area contributed by atoms with Gasteiger partial charge in [0, 0.05) is 10.8 Å². The standard InChI is InChI=1S/C35H32O10S5/c1-4-35(2,3)34-25-24(44-13-14-45-25)33(50-34)32-23-22(42-11-12-43-23)31(49-32)30-21-20(40-9-10-41-21)29(48-30)28-19-18(38-7-8-39-19)27(47-28)26-17-16(15-46-26)36-5-6-37-17/h15H,4-14H2,1-3H3. The molecule has 0 amide bonds. The van der Waals surface area contributed by atoms with Crippen molar-refractivity contribution in [2.75, 3.05) is 66.1 Å². The first kappa shape index (κ1) is 31.3.